The van der Waals surface area contributed by atoms with Crippen molar-refractivity contribution in [1.82, 2.24) is 0 Å². The first kappa shape index (κ1) is 14.0. The van der Waals surface area contributed by atoms with Gasteiger partial charge in [0, 0.05) is 15.7 Å². The van der Waals surface area contributed by atoms with Crippen molar-refractivity contribution in [3.05, 3.63) is 78.9 Å². The minimum atomic E-state index is 0.307. The zero-order valence-electron chi connectivity index (χ0n) is 12.4. The molecule has 0 spiro atoms. The molecule has 112 valence electrons. The molecule has 4 rings (SSSR count). The van der Waals surface area contributed by atoms with E-state index >= 15 is 0 Å². The molecule has 4 aromatic carbocycles. The van der Waals surface area contributed by atoms with Crippen molar-refractivity contribution in [2.75, 3.05) is 4.72 Å². The molecule has 0 aliphatic heterocycles. The van der Waals surface area contributed by atoms with Gasteiger partial charge in [0.05, 0.1) is 5.69 Å². The van der Waals surface area contributed by atoms with Gasteiger partial charge in [-0.15, -0.1) is 0 Å². The standard InChI is InChI=1S/C20H15NOS/c22-19-13-12-18(16-9-3-4-10-17(16)19)21-23-20-11-5-7-14-6-1-2-8-15(14)20/h1-13,21-22H. The predicted molar refractivity (Wildman–Crippen MR) is 99.0 cm³/mol. The van der Waals surface area contributed by atoms with Crippen molar-refractivity contribution in [2.45, 2.75) is 4.90 Å². The number of hydrogen-bond acceptors (Lipinski definition) is 3. The number of phenolic OH excluding ortho intramolecular Hbond substituents is 1. The molecular weight excluding hydrogens is 302 g/mol. The SMILES string of the molecule is Oc1ccc(NSc2cccc3ccccc23)c2ccccc12. The molecule has 0 unspecified atom stereocenters. The largest absolute Gasteiger partial charge is 0.507 e. The highest BCUT2D eigenvalue weighted by atomic mass is 32.2. The first-order chi connectivity index (χ1) is 11.3. The van der Waals surface area contributed by atoms with Gasteiger partial charge in [0.2, 0.25) is 0 Å². The smallest absolute Gasteiger partial charge is 0.123 e. The fraction of sp³-hybridized carbons (Fsp3) is 0. The second-order valence-corrected chi connectivity index (χ2v) is 6.21. The lowest BCUT2D eigenvalue weighted by Gasteiger charge is -2.11. The van der Waals surface area contributed by atoms with Crippen LogP contribution in [0.4, 0.5) is 5.69 Å². The number of anilines is 1. The third-order valence-corrected chi connectivity index (χ3v) is 4.82. The van der Waals surface area contributed by atoms with Gasteiger partial charge in [-0.2, -0.15) is 0 Å². The molecule has 2 N–H and O–H groups in total. The van der Waals surface area contributed by atoms with E-state index in [0.29, 0.717) is 5.75 Å². The van der Waals surface area contributed by atoms with Gasteiger partial charge in [-0.25, -0.2) is 0 Å². The van der Waals surface area contributed by atoms with Crippen LogP contribution in [-0.4, -0.2) is 5.11 Å². The quantitative estimate of drug-likeness (QED) is 0.369. The summed E-state index contributed by atoms with van der Waals surface area (Å²) in [6, 6.07) is 26.2. The summed E-state index contributed by atoms with van der Waals surface area (Å²) in [5, 5.41) is 14.3. The van der Waals surface area contributed by atoms with Crippen LogP contribution in [0.15, 0.2) is 83.8 Å². The van der Waals surface area contributed by atoms with Crippen LogP contribution in [0.5, 0.6) is 5.75 Å². The van der Waals surface area contributed by atoms with Crippen molar-refractivity contribution in [1.29, 1.82) is 0 Å². The number of benzene rings is 4. The summed E-state index contributed by atoms with van der Waals surface area (Å²) in [4.78, 5) is 1.18. The number of hydrogen-bond donors (Lipinski definition) is 2. The summed E-state index contributed by atoms with van der Waals surface area (Å²) in [5.41, 5.74) is 0.997. The average Bonchev–Trinajstić information content (AvgIpc) is 2.61. The summed E-state index contributed by atoms with van der Waals surface area (Å²) in [6.07, 6.45) is 0. The molecule has 0 heterocycles. The number of rotatable bonds is 3. The Morgan fingerprint density at radius 2 is 1.35 bits per heavy atom. The van der Waals surface area contributed by atoms with Crippen molar-refractivity contribution in [3.8, 4) is 5.75 Å². The summed E-state index contributed by atoms with van der Waals surface area (Å²) < 4.78 is 3.43. The Kier molecular flexibility index (Phi) is 3.56. The third kappa shape index (κ3) is 2.60. The molecule has 0 fully saturated rings. The van der Waals surface area contributed by atoms with E-state index in [-0.39, 0.29) is 0 Å². The van der Waals surface area contributed by atoms with Crippen LogP contribution < -0.4 is 4.72 Å². The van der Waals surface area contributed by atoms with Crippen LogP contribution in [0.2, 0.25) is 0 Å². The van der Waals surface area contributed by atoms with E-state index in [2.05, 4.69) is 47.2 Å². The van der Waals surface area contributed by atoms with Gasteiger partial charge >= 0.3 is 0 Å². The zero-order chi connectivity index (χ0) is 15.6. The monoisotopic (exact) mass is 317 g/mol. The van der Waals surface area contributed by atoms with Crippen molar-refractivity contribution in [2.24, 2.45) is 0 Å². The summed E-state index contributed by atoms with van der Waals surface area (Å²) in [7, 11) is 0. The van der Waals surface area contributed by atoms with E-state index < -0.39 is 0 Å². The lowest BCUT2D eigenvalue weighted by Crippen LogP contribution is -1.89. The van der Waals surface area contributed by atoms with E-state index in [1.807, 2.05) is 30.3 Å². The molecule has 3 heteroatoms. The number of aromatic hydroxyl groups is 1. The van der Waals surface area contributed by atoms with Gasteiger partial charge in [-0.1, -0.05) is 60.7 Å². The molecule has 0 saturated heterocycles. The van der Waals surface area contributed by atoms with Gasteiger partial charge in [0.1, 0.15) is 5.75 Å². The number of phenols is 1. The Labute approximate surface area is 138 Å². The molecule has 0 amide bonds. The van der Waals surface area contributed by atoms with Gasteiger partial charge in [0.15, 0.2) is 0 Å². The highest BCUT2D eigenvalue weighted by Gasteiger charge is 2.06. The summed E-state index contributed by atoms with van der Waals surface area (Å²) in [6.45, 7) is 0. The van der Waals surface area contributed by atoms with E-state index in [4.69, 9.17) is 0 Å². The second-order valence-electron chi connectivity index (χ2n) is 5.36. The van der Waals surface area contributed by atoms with E-state index in [0.717, 1.165) is 16.5 Å². The molecule has 0 radical (unpaired) electrons. The molecule has 0 aliphatic rings. The molecule has 0 aliphatic carbocycles. The topological polar surface area (TPSA) is 32.3 Å². The second kappa shape index (κ2) is 5.86. The molecule has 0 saturated carbocycles. The highest BCUT2D eigenvalue weighted by Crippen LogP contribution is 2.34. The minimum absolute atomic E-state index is 0.307. The van der Waals surface area contributed by atoms with Crippen LogP contribution in [0.1, 0.15) is 0 Å². The van der Waals surface area contributed by atoms with Gasteiger partial charge in [0.25, 0.3) is 0 Å². The Hall–Kier alpha value is -2.65. The summed E-state index contributed by atoms with van der Waals surface area (Å²) in [5.74, 6) is 0.307. The lowest BCUT2D eigenvalue weighted by molar-refractivity contribution is 0.481. The molecule has 0 aromatic heterocycles. The number of nitrogens with one attached hydrogen (secondary N) is 1. The van der Waals surface area contributed by atoms with E-state index in [1.54, 1.807) is 18.0 Å². The summed E-state index contributed by atoms with van der Waals surface area (Å²) >= 11 is 1.59. The number of fused-ring (bicyclic) bond motifs is 2. The Morgan fingerprint density at radius 1 is 0.652 bits per heavy atom. The van der Waals surface area contributed by atoms with Crippen LogP contribution >= 0.6 is 11.9 Å². The molecule has 2 nitrogen and oxygen atoms in total. The molecule has 0 bridgehead atoms. The Bertz CT molecular complexity index is 992. The highest BCUT2D eigenvalue weighted by molar-refractivity contribution is 8.00. The van der Waals surface area contributed by atoms with Crippen LogP contribution in [0, 0.1) is 0 Å². The maximum absolute atomic E-state index is 9.99. The molecule has 4 aromatic rings. The minimum Gasteiger partial charge on any atom is -0.507 e. The van der Waals surface area contributed by atoms with Gasteiger partial charge in [-0.3, -0.25) is 0 Å². The van der Waals surface area contributed by atoms with Gasteiger partial charge in [-0.05, 0) is 40.9 Å². The van der Waals surface area contributed by atoms with Crippen LogP contribution in [0.3, 0.4) is 0 Å². The van der Waals surface area contributed by atoms with Crippen molar-refractivity contribution in [3.63, 3.8) is 0 Å². The van der Waals surface area contributed by atoms with E-state index in [9.17, 15) is 5.11 Å². The molecular formula is C20H15NOS. The first-order valence-corrected chi connectivity index (χ1v) is 8.26. The third-order valence-electron chi connectivity index (χ3n) is 3.92. The van der Waals surface area contributed by atoms with Crippen LogP contribution in [0.25, 0.3) is 21.5 Å². The molecule has 23 heavy (non-hydrogen) atoms. The Balaban J connectivity index is 1.71. The fourth-order valence-electron chi connectivity index (χ4n) is 2.77. The van der Waals surface area contributed by atoms with Gasteiger partial charge < -0.3 is 9.83 Å². The predicted octanol–water partition coefficient (Wildman–Crippen LogP) is 5.82. The Morgan fingerprint density at radius 3 is 2.22 bits per heavy atom. The first-order valence-electron chi connectivity index (χ1n) is 7.44. The van der Waals surface area contributed by atoms with Crippen LogP contribution in [-0.2, 0) is 0 Å². The maximum atomic E-state index is 9.99. The normalized spacial score (nSPS) is 11.0. The lowest BCUT2D eigenvalue weighted by atomic mass is 10.1. The zero-order valence-corrected chi connectivity index (χ0v) is 13.2. The van der Waals surface area contributed by atoms with Crippen molar-refractivity contribution < 1.29 is 5.11 Å². The van der Waals surface area contributed by atoms with E-state index in [1.165, 1.54) is 15.7 Å². The van der Waals surface area contributed by atoms with Crippen molar-refractivity contribution >= 4 is 39.2 Å². The average molecular weight is 317 g/mol. The fourth-order valence-corrected chi connectivity index (χ4v) is 3.61. The maximum Gasteiger partial charge on any atom is 0.123 e. The molecule has 0 atom stereocenters.